The van der Waals surface area contributed by atoms with Gasteiger partial charge in [-0.3, -0.25) is 10.2 Å². The number of amides is 1. The average Bonchev–Trinajstić information content (AvgIpc) is 2.58. The van der Waals surface area contributed by atoms with Crippen molar-refractivity contribution in [3.8, 4) is 0 Å². The Morgan fingerprint density at radius 1 is 0.957 bits per heavy atom. The third-order valence-corrected chi connectivity index (χ3v) is 3.14. The van der Waals surface area contributed by atoms with Gasteiger partial charge in [-0.25, -0.2) is 10.2 Å². The van der Waals surface area contributed by atoms with Crippen LogP contribution < -0.4 is 10.9 Å². The second kappa shape index (κ2) is 8.55. The van der Waals surface area contributed by atoms with E-state index in [0.717, 1.165) is 11.1 Å². The maximum Gasteiger partial charge on any atom is 0.421 e. The van der Waals surface area contributed by atoms with Crippen molar-refractivity contribution in [3.05, 3.63) is 71.8 Å². The summed E-state index contributed by atoms with van der Waals surface area (Å²) >= 11 is 0. The molecule has 0 fully saturated rings. The maximum absolute atomic E-state index is 11.6. The molecule has 2 rings (SSSR count). The Morgan fingerprint density at radius 2 is 1.52 bits per heavy atom. The van der Waals surface area contributed by atoms with Gasteiger partial charge in [-0.2, -0.15) is 0 Å². The number of carboxylic acid groups (broad SMARTS) is 1. The van der Waals surface area contributed by atoms with Crippen LogP contribution in [0.15, 0.2) is 60.7 Å². The molecule has 1 amide bonds. The largest absolute Gasteiger partial charge is 0.480 e. The first kappa shape index (κ1) is 16.5. The lowest BCUT2D eigenvalue weighted by Crippen LogP contribution is -2.49. The Kier molecular flexibility index (Phi) is 6.14. The Balaban J connectivity index is 1.79. The van der Waals surface area contributed by atoms with Gasteiger partial charge in [-0.05, 0) is 11.1 Å². The SMILES string of the molecule is O=C(NN[C@@H](Cc1ccccc1)C(=O)O)OCc1ccccc1. The fourth-order valence-electron chi connectivity index (χ4n) is 1.96. The fourth-order valence-corrected chi connectivity index (χ4v) is 1.96. The van der Waals surface area contributed by atoms with Crippen LogP contribution in [0.2, 0.25) is 0 Å². The lowest BCUT2D eigenvalue weighted by molar-refractivity contribution is -0.139. The topological polar surface area (TPSA) is 87.7 Å². The van der Waals surface area contributed by atoms with E-state index in [0.29, 0.717) is 0 Å². The molecule has 0 aliphatic carbocycles. The van der Waals surface area contributed by atoms with Crippen LogP contribution >= 0.6 is 0 Å². The summed E-state index contributed by atoms with van der Waals surface area (Å²) in [5, 5.41) is 9.20. The fraction of sp³-hybridized carbons (Fsp3) is 0.176. The summed E-state index contributed by atoms with van der Waals surface area (Å²) in [5.41, 5.74) is 6.44. The van der Waals surface area contributed by atoms with Crippen molar-refractivity contribution in [2.75, 3.05) is 0 Å². The van der Waals surface area contributed by atoms with E-state index in [1.54, 1.807) is 0 Å². The number of hydrazine groups is 1. The molecular weight excluding hydrogens is 296 g/mol. The first-order chi connectivity index (χ1) is 11.1. The van der Waals surface area contributed by atoms with Gasteiger partial charge in [0.25, 0.3) is 0 Å². The second-order valence-corrected chi connectivity index (χ2v) is 4.91. The second-order valence-electron chi connectivity index (χ2n) is 4.91. The zero-order valence-electron chi connectivity index (χ0n) is 12.4. The van der Waals surface area contributed by atoms with Crippen molar-refractivity contribution >= 4 is 12.1 Å². The number of aliphatic carboxylic acids is 1. The molecule has 0 aliphatic heterocycles. The van der Waals surface area contributed by atoms with E-state index >= 15 is 0 Å². The molecule has 0 heterocycles. The molecule has 2 aromatic rings. The Morgan fingerprint density at radius 3 is 2.09 bits per heavy atom. The van der Waals surface area contributed by atoms with Crippen molar-refractivity contribution in [3.63, 3.8) is 0 Å². The first-order valence-electron chi connectivity index (χ1n) is 7.14. The van der Waals surface area contributed by atoms with Gasteiger partial charge >= 0.3 is 12.1 Å². The Hall–Kier alpha value is -2.86. The van der Waals surface area contributed by atoms with Crippen molar-refractivity contribution in [2.24, 2.45) is 0 Å². The number of rotatable bonds is 7. The molecule has 3 N–H and O–H groups in total. The minimum Gasteiger partial charge on any atom is -0.480 e. The normalized spacial score (nSPS) is 11.5. The van der Waals surface area contributed by atoms with Crippen LogP contribution in [0.4, 0.5) is 4.79 Å². The zero-order chi connectivity index (χ0) is 16.5. The highest BCUT2D eigenvalue weighted by atomic mass is 16.6. The van der Waals surface area contributed by atoms with Crippen molar-refractivity contribution < 1.29 is 19.4 Å². The van der Waals surface area contributed by atoms with Crippen LogP contribution in [0.1, 0.15) is 11.1 Å². The van der Waals surface area contributed by atoms with Crippen LogP contribution in [-0.2, 0) is 22.6 Å². The summed E-state index contributed by atoms with van der Waals surface area (Å²) < 4.78 is 5.00. The lowest BCUT2D eigenvalue weighted by atomic mass is 10.1. The lowest BCUT2D eigenvalue weighted by Gasteiger charge is -2.15. The Labute approximate surface area is 134 Å². The minimum absolute atomic E-state index is 0.116. The van der Waals surface area contributed by atoms with Gasteiger partial charge in [-0.1, -0.05) is 60.7 Å². The number of ether oxygens (including phenoxy) is 1. The van der Waals surface area contributed by atoms with Gasteiger partial charge in [0.2, 0.25) is 0 Å². The molecule has 0 spiro atoms. The summed E-state index contributed by atoms with van der Waals surface area (Å²) in [4.78, 5) is 22.8. The molecule has 0 radical (unpaired) electrons. The van der Waals surface area contributed by atoms with Gasteiger partial charge in [-0.15, -0.1) is 0 Å². The van der Waals surface area contributed by atoms with Crippen LogP contribution in [0, 0.1) is 0 Å². The predicted molar refractivity (Wildman–Crippen MR) is 84.5 cm³/mol. The van der Waals surface area contributed by atoms with E-state index in [4.69, 9.17) is 4.74 Å². The van der Waals surface area contributed by atoms with Crippen LogP contribution in [-0.4, -0.2) is 23.2 Å². The van der Waals surface area contributed by atoms with Gasteiger partial charge in [0.05, 0.1) is 0 Å². The van der Waals surface area contributed by atoms with E-state index in [1.165, 1.54) is 0 Å². The number of carbonyl (C=O) groups is 2. The number of benzene rings is 2. The molecule has 2 aromatic carbocycles. The molecule has 23 heavy (non-hydrogen) atoms. The highest BCUT2D eigenvalue weighted by molar-refractivity contribution is 5.75. The van der Waals surface area contributed by atoms with Gasteiger partial charge in [0.1, 0.15) is 12.6 Å². The number of hydrogen-bond acceptors (Lipinski definition) is 4. The molecule has 0 unspecified atom stereocenters. The molecule has 0 aromatic heterocycles. The molecule has 120 valence electrons. The predicted octanol–water partition coefficient (Wildman–Crippen LogP) is 2.11. The van der Waals surface area contributed by atoms with Gasteiger partial charge in [0.15, 0.2) is 0 Å². The third-order valence-electron chi connectivity index (χ3n) is 3.14. The molecule has 0 aliphatic rings. The number of hydrogen-bond donors (Lipinski definition) is 3. The maximum atomic E-state index is 11.6. The van der Waals surface area contributed by atoms with Gasteiger partial charge in [0, 0.05) is 6.42 Å². The van der Waals surface area contributed by atoms with E-state index in [9.17, 15) is 14.7 Å². The summed E-state index contributed by atoms with van der Waals surface area (Å²) in [7, 11) is 0. The van der Waals surface area contributed by atoms with Crippen LogP contribution in [0.25, 0.3) is 0 Å². The molecule has 0 bridgehead atoms. The van der Waals surface area contributed by atoms with E-state index < -0.39 is 18.1 Å². The van der Waals surface area contributed by atoms with E-state index in [2.05, 4.69) is 10.9 Å². The smallest absolute Gasteiger partial charge is 0.421 e. The first-order valence-corrected chi connectivity index (χ1v) is 7.14. The number of carboxylic acids is 1. The van der Waals surface area contributed by atoms with Crippen LogP contribution in [0.5, 0.6) is 0 Å². The monoisotopic (exact) mass is 314 g/mol. The Bertz CT molecular complexity index is 632. The quantitative estimate of drug-likeness (QED) is 0.681. The summed E-state index contributed by atoms with van der Waals surface area (Å²) in [6.45, 7) is 0.116. The van der Waals surface area contributed by atoms with Crippen LogP contribution in [0.3, 0.4) is 0 Å². The highest BCUT2D eigenvalue weighted by Crippen LogP contribution is 2.03. The van der Waals surface area contributed by atoms with Crippen molar-refractivity contribution in [1.82, 2.24) is 10.9 Å². The van der Waals surface area contributed by atoms with Gasteiger partial charge < -0.3 is 9.84 Å². The van der Waals surface area contributed by atoms with E-state index in [-0.39, 0.29) is 13.0 Å². The molecule has 1 atom stereocenters. The number of carbonyl (C=O) groups excluding carboxylic acids is 1. The molecule has 6 nitrogen and oxygen atoms in total. The standard InChI is InChI=1S/C17H18N2O4/c20-16(21)15(11-13-7-3-1-4-8-13)18-19-17(22)23-12-14-9-5-2-6-10-14/h1-10,15,18H,11-12H2,(H,19,22)(H,20,21)/t15-/m0/s1. The number of nitrogens with one attached hydrogen (secondary N) is 2. The summed E-state index contributed by atoms with van der Waals surface area (Å²) in [6.07, 6.45) is -0.483. The molecule has 0 saturated heterocycles. The molecule has 6 heteroatoms. The third kappa shape index (κ3) is 5.80. The minimum atomic E-state index is -1.06. The average molecular weight is 314 g/mol. The molecular formula is C17H18N2O4. The van der Waals surface area contributed by atoms with Crippen molar-refractivity contribution in [1.29, 1.82) is 0 Å². The van der Waals surface area contributed by atoms with E-state index in [1.807, 2.05) is 60.7 Å². The van der Waals surface area contributed by atoms with Crippen molar-refractivity contribution in [2.45, 2.75) is 19.1 Å². The zero-order valence-corrected chi connectivity index (χ0v) is 12.4. The highest BCUT2D eigenvalue weighted by Gasteiger charge is 2.18. The molecule has 0 saturated carbocycles. The summed E-state index contributed by atoms with van der Waals surface area (Å²) in [6, 6.07) is 17.4. The summed E-state index contributed by atoms with van der Waals surface area (Å²) in [5.74, 6) is -1.06.